The Morgan fingerprint density at radius 3 is 2.84 bits per heavy atom. The lowest BCUT2D eigenvalue weighted by Crippen LogP contribution is -2.47. The van der Waals surface area contributed by atoms with Gasteiger partial charge < -0.3 is 15.4 Å². The monoisotopic (exact) mass is 382 g/mol. The number of rotatable bonds is 3. The second-order valence-electron chi connectivity index (χ2n) is 6.00. The molecule has 0 saturated carbocycles. The Bertz CT molecular complexity index is 853. The van der Waals surface area contributed by atoms with Crippen LogP contribution >= 0.6 is 23.2 Å². The van der Waals surface area contributed by atoms with Gasteiger partial charge in [-0.1, -0.05) is 29.3 Å². The highest BCUT2D eigenvalue weighted by Crippen LogP contribution is 2.29. The molecule has 0 radical (unpaired) electrons. The summed E-state index contributed by atoms with van der Waals surface area (Å²) in [6.45, 7) is 5.83. The van der Waals surface area contributed by atoms with Crippen LogP contribution in [0.2, 0.25) is 10.0 Å². The maximum Gasteiger partial charge on any atom is 0.263 e. The summed E-state index contributed by atoms with van der Waals surface area (Å²) in [5.41, 5.74) is 6.63. The van der Waals surface area contributed by atoms with E-state index in [0.29, 0.717) is 59.2 Å². The van der Waals surface area contributed by atoms with Crippen molar-refractivity contribution in [3.05, 3.63) is 50.0 Å². The van der Waals surface area contributed by atoms with Crippen molar-refractivity contribution < 1.29 is 4.74 Å². The van der Waals surface area contributed by atoms with Crippen molar-refractivity contribution in [2.75, 3.05) is 31.1 Å². The van der Waals surface area contributed by atoms with Gasteiger partial charge in [-0.15, -0.1) is 0 Å². The van der Waals surface area contributed by atoms with Gasteiger partial charge in [-0.2, -0.15) is 0 Å². The van der Waals surface area contributed by atoms with E-state index in [9.17, 15) is 4.79 Å². The molecular formula is C17H20Cl2N4O2. The summed E-state index contributed by atoms with van der Waals surface area (Å²) in [5.74, 6) is 1.21. The van der Waals surface area contributed by atoms with Gasteiger partial charge in [0.2, 0.25) is 0 Å². The van der Waals surface area contributed by atoms with Crippen LogP contribution in [0.5, 0.6) is 0 Å². The molecule has 0 unspecified atom stereocenters. The Kier molecular flexibility index (Phi) is 5.34. The fourth-order valence-electron chi connectivity index (χ4n) is 3.01. The van der Waals surface area contributed by atoms with Gasteiger partial charge in [0.05, 0.1) is 34.0 Å². The molecule has 1 aliphatic heterocycles. The van der Waals surface area contributed by atoms with Crippen LogP contribution < -0.4 is 16.2 Å². The summed E-state index contributed by atoms with van der Waals surface area (Å²) in [4.78, 5) is 19.7. The van der Waals surface area contributed by atoms with Gasteiger partial charge in [-0.05, 0) is 26.0 Å². The van der Waals surface area contributed by atoms with Crippen LogP contribution in [-0.2, 0) is 4.74 Å². The minimum absolute atomic E-state index is 0.0555. The molecule has 8 heteroatoms. The largest absolute Gasteiger partial charge is 0.373 e. The van der Waals surface area contributed by atoms with Crippen molar-refractivity contribution in [3.8, 4) is 5.69 Å². The van der Waals surface area contributed by atoms with Gasteiger partial charge in [-0.3, -0.25) is 9.36 Å². The first kappa shape index (κ1) is 18.2. The van der Waals surface area contributed by atoms with E-state index in [4.69, 9.17) is 33.7 Å². The van der Waals surface area contributed by atoms with E-state index in [1.807, 2.05) is 0 Å². The predicted molar refractivity (Wildman–Crippen MR) is 100 cm³/mol. The van der Waals surface area contributed by atoms with E-state index in [0.717, 1.165) is 0 Å². The molecule has 0 spiro atoms. The number of nitrogens with zero attached hydrogens (tertiary/aromatic N) is 3. The Morgan fingerprint density at radius 2 is 2.12 bits per heavy atom. The summed E-state index contributed by atoms with van der Waals surface area (Å²) < 4.78 is 7.09. The fourth-order valence-corrected chi connectivity index (χ4v) is 3.39. The topological polar surface area (TPSA) is 73.4 Å². The van der Waals surface area contributed by atoms with Gasteiger partial charge in [0.25, 0.3) is 5.56 Å². The van der Waals surface area contributed by atoms with Crippen molar-refractivity contribution in [2.24, 2.45) is 5.73 Å². The smallest absolute Gasteiger partial charge is 0.263 e. The first-order valence-corrected chi connectivity index (χ1v) is 8.81. The predicted octanol–water partition coefficient (Wildman–Crippen LogP) is 2.32. The molecule has 2 heterocycles. The normalized spacial score (nSPS) is 17.8. The number of ether oxygens (including phenoxy) is 1. The van der Waals surface area contributed by atoms with Crippen LogP contribution in [0.25, 0.3) is 5.69 Å². The number of morpholine rings is 1. The minimum Gasteiger partial charge on any atom is -0.373 e. The van der Waals surface area contributed by atoms with Crippen molar-refractivity contribution >= 4 is 29.0 Å². The van der Waals surface area contributed by atoms with Crippen LogP contribution in [0.4, 0.5) is 5.82 Å². The second-order valence-corrected chi connectivity index (χ2v) is 6.78. The average Bonchev–Trinajstić information content (AvgIpc) is 2.61. The van der Waals surface area contributed by atoms with Crippen LogP contribution in [-0.4, -0.2) is 41.9 Å². The zero-order valence-corrected chi connectivity index (χ0v) is 15.6. The molecule has 0 amide bonds. The lowest BCUT2D eigenvalue weighted by atomic mass is 10.2. The summed E-state index contributed by atoms with van der Waals surface area (Å²) in [5, 5.41) is 0.726. The molecule has 1 fully saturated rings. The third kappa shape index (κ3) is 3.40. The molecule has 25 heavy (non-hydrogen) atoms. The first-order valence-electron chi connectivity index (χ1n) is 8.05. The number of aromatic nitrogens is 2. The molecule has 1 atom stereocenters. The summed E-state index contributed by atoms with van der Waals surface area (Å²) in [6, 6.07) is 5.19. The van der Waals surface area contributed by atoms with Gasteiger partial charge >= 0.3 is 0 Å². The standard InChI is InChI=1S/C17H20Cl2N4O2/c1-10-16(22-6-7-25-12(8-20)9-22)21-11(2)23(17(10)24)14-5-3-4-13(18)15(14)19/h3-5,12H,6-9,20H2,1-2H3/t12-/m1/s1. The SMILES string of the molecule is Cc1c(N2CCO[C@H](CN)C2)nc(C)n(-c2cccc(Cl)c2Cl)c1=O. The van der Waals surface area contributed by atoms with E-state index in [-0.39, 0.29) is 11.7 Å². The van der Waals surface area contributed by atoms with Gasteiger partial charge in [0.1, 0.15) is 11.6 Å². The van der Waals surface area contributed by atoms with Crippen molar-refractivity contribution in [1.29, 1.82) is 0 Å². The van der Waals surface area contributed by atoms with Crippen LogP contribution in [0.1, 0.15) is 11.4 Å². The first-order chi connectivity index (χ1) is 11.9. The van der Waals surface area contributed by atoms with Gasteiger partial charge in [-0.25, -0.2) is 4.98 Å². The van der Waals surface area contributed by atoms with Crippen LogP contribution in [0, 0.1) is 13.8 Å². The van der Waals surface area contributed by atoms with E-state index in [1.54, 1.807) is 32.0 Å². The molecule has 0 aliphatic carbocycles. The number of aryl methyl sites for hydroxylation is 1. The molecule has 134 valence electrons. The Morgan fingerprint density at radius 1 is 1.36 bits per heavy atom. The molecule has 1 aliphatic rings. The van der Waals surface area contributed by atoms with E-state index in [1.165, 1.54) is 4.57 Å². The van der Waals surface area contributed by atoms with Crippen molar-refractivity contribution in [2.45, 2.75) is 20.0 Å². The maximum atomic E-state index is 13.0. The zero-order valence-electron chi connectivity index (χ0n) is 14.1. The summed E-state index contributed by atoms with van der Waals surface area (Å²) >= 11 is 12.4. The Hall–Kier alpha value is -1.60. The lowest BCUT2D eigenvalue weighted by molar-refractivity contribution is 0.0462. The number of hydrogen-bond donors (Lipinski definition) is 1. The minimum atomic E-state index is -0.164. The second kappa shape index (κ2) is 7.33. The van der Waals surface area contributed by atoms with E-state index < -0.39 is 0 Å². The highest BCUT2D eigenvalue weighted by Gasteiger charge is 2.24. The number of halogens is 2. The molecule has 0 bridgehead atoms. The average molecular weight is 383 g/mol. The summed E-state index contributed by atoms with van der Waals surface area (Å²) in [6.07, 6.45) is -0.0555. The Balaban J connectivity index is 2.09. The lowest BCUT2D eigenvalue weighted by Gasteiger charge is -2.34. The zero-order chi connectivity index (χ0) is 18.1. The van der Waals surface area contributed by atoms with Gasteiger partial charge in [0.15, 0.2) is 0 Å². The molecule has 1 aromatic heterocycles. The summed E-state index contributed by atoms with van der Waals surface area (Å²) in [7, 11) is 0. The fraction of sp³-hybridized carbons (Fsp3) is 0.412. The molecule has 1 aromatic carbocycles. The van der Waals surface area contributed by atoms with Crippen LogP contribution in [0.3, 0.4) is 0 Å². The number of hydrogen-bond acceptors (Lipinski definition) is 5. The van der Waals surface area contributed by atoms with Crippen molar-refractivity contribution in [3.63, 3.8) is 0 Å². The number of nitrogens with two attached hydrogens (primary N) is 1. The molecule has 6 nitrogen and oxygen atoms in total. The van der Waals surface area contributed by atoms with E-state index >= 15 is 0 Å². The highest BCUT2D eigenvalue weighted by atomic mass is 35.5. The molecular weight excluding hydrogens is 363 g/mol. The van der Waals surface area contributed by atoms with E-state index in [2.05, 4.69) is 9.88 Å². The molecule has 2 aromatic rings. The Labute approximate surface area is 156 Å². The third-order valence-corrected chi connectivity index (χ3v) is 5.13. The van der Waals surface area contributed by atoms with Gasteiger partial charge in [0, 0.05) is 19.6 Å². The van der Waals surface area contributed by atoms with Crippen molar-refractivity contribution in [1.82, 2.24) is 9.55 Å². The third-order valence-electron chi connectivity index (χ3n) is 4.32. The quantitative estimate of drug-likeness (QED) is 0.881. The maximum absolute atomic E-state index is 13.0. The van der Waals surface area contributed by atoms with Crippen LogP contribution in [0.15, 0.2) is 23.0 Å². The molecule has 1 saturated heterocycles. The molecule has 2 N–H and O–H groups in total. The molecule has 3 rings (SSSR count). The highest BCUT2D eigenvalue weighted by molar-refractivity contribution is 6.43. The number of benzene rings is 1. The number of anilines is 1.